The highest BCUT2D eigenvalue weighted by Gasteiger charge is 2.27. The lowest BCUT2D eigenvalue weighted by atomic mass is 10.2. The maximum Gasteiger partial charge on any atom is 0.111 e. The summed E-state index contributed by atoms with van der Waals surface area (Å²) in [6.07, 6.45) is 2.41. The Morgan fingerprint density at radius 1 is 0.826 bits per heavy atom. The first-order valence-electron chi connectivity index (χ1n) is 7.44. The molecule has 1 N–H and O–H groups in total. The predicted molar refractivity (Wildman–Crippen MR) is 98.0 cm³/mol. The van der Waals surface area contributed by atoms with Crippen molar-refractivity contribution in [3.8, 4) is 0 Å². The molecule has 3 rings (SSSR count). The van der Waals surface area contributed by atoms with Gasteiger partial charge in [-0.2, -0.15) is 0 Å². The highest BCUT2D eigenvalue weighted by atomic mass is 31.1. The van der Waals surface area contributed by atoms with E-state index in [2.05, 4.69) is 48.5 Å². The van der Waals surface area contributed by atoms with Crippen molar-refractivity contribution in [2.75, 3.05) is 6.61 Å². The van der Waals surface area contributed by atoms with Crippen molar-refractivity contribution in [1.82, 2.24) is 0 Å². The normalized spacial score (nSPS) is 11.9. The smallest absolute Gasteiger partial charge is 0.111 e. The van der Waals surface area contributed by atoms with Crippen molar-refractivity contribution in [1.29, 1.82) is 0 Å². The van der Waals surface area contributed by atoms with E-state index in [0.29, 0.717) is 6.42 Å². The number of aliphatic hydroxyl groups is 1. The molecule has 0 aliphatic carbocycles. The minimum atomic E-state index is -0.625. The van der Waals surface area contributed by atoms with Gasteiger partial charge in [-0.1, -0.05) is 60.7 Å². The average molecular weight is 321 g/mol. The first kappa shape index (κ1) is 17.5. The summed E-state index contributed by atoms with van der Waals surface area (Å²) in [5, 5.41) is 12.2. The van der Waals surface area contributed by atoms with Crippen LogP contribution in [0.4, 0.5) is 0 Å². The van der Waals surface area contributed by atoms with Crippen LogP contribution in [0.25, 0.3) is 0 Å². The Hall–Kier alpha value is -1.83. The molecule has 0 amide bonds. The van der Waals surface area contributed by atoms with E-state index in [1.807, 2.05) is 24.3 Å². The molecule has 1 heterocycles. The van der Waals surface area contributed by atoms with Gasteiger partial charge in [0.25, 0.3) is 0 Å². The molecule has 4 heteroatoms. The maximum atomic E-state index is 9.55. The lowest BCUT2D eigenvalue weighted by molar-refractivity contribution is 0.282. The first-order valence-corrected chi connectivity index (χ1v) is 8.85. The van der Waals surface area contributed by atoms with Crippen LogP contribution in [0.5, 0.6) is 0 Å². The Balaban J connectivity index is 0.00000192. The van der Waals surface area contributed by atoms with E-state index in [4.69, 9.17) is 4.42 Å². The summed E-state index contributed by atoms with van der Waals surface area (Å²) >= 11 is 0. The van der Waals surface area contributed by atoms with Gasteiger partial charge in [0.05, 0.1) is 6.26 Å². The van der Waals surface area contributed by atoms with Crippen LogP contribution in [0.1, 0.15) is 17.8 Å². The van der Waals surface area contributed by atoms with E-state index in [1.54, 1.807) is 6.26 Å². The van der Waals surface area contributed by atoms with Gasteiger partial charge in [-0.15, -0.1) is 0 Å². The molecule has 3 aromatic rings. The van der Waals surface area contributed by atoms with Crippen LogP contribution in [0.2, 0.25) is 0 Å². The highest BCUT2D eigenvalue weighted by Crippen LogP contribution is 2.51. The van der Waals surface area contributed by atoms with Crippen LogP contribution < -0.4 is 10.6 Å². The monoisotopic (exact) mass is 321 g/mol. The second-order valence-corrected chi connectivity index (χ2v) is 7.48. The van der Waals surface area contributed by atoms with E-state index in [0.717, 1.165) is 5.76 Å². The van der Waals surface area contributed by atoms with Gasteiger partial charge in [0, 0.05) is 20.7 Å². The molecule has 0 fully saturated rings. The molecule has 0 aliphatic heterocycles. The molecular formula is C19H19BO2P. The van der Waals surface area contributed by atoms with Crippen LogP contribution in [0.15, 0.2) is 83.5 Å². The van der Waals surface area contributed by atoms with Crippen molar-refractivity contribution >= 4 is 26.9 Å². The van der Waals surface area contributed by atoms with E-state index >= 15 is 0 Å². The van der Waals surface area contributed by atoms with Gasteiger partial charge in [-0.3, -0.25) is 0 Å². The standard InChI is InChI=1S/C19H19O2P.B/c20-14-13-19(18-12-7-15-21-18)22(16-8-3-1-4-9-16)17-10-5-2-6-11-17;/h1-12,15,19-20H,13-14H2;/t19-;/m0./s1. The molecule has 115 valence electrons. The molecule has 1 aromatic heterocycles. The second-order valence-electron chi connectivity index (χ2n) is 5.08. The molecule has 0 saturated heterocycles. The van der Waals surface area contributed by atoms with Crippen molar-refractivity contribution in [2.24, 2.45) is 0 Å². The number of rotatable bonds is 6. The summed E-state index contributed by atoms with van der Waals surface area (Å²) in [4.78, 5) is 0. The van der Waals surface area contributed by atoms with Crippen molar-refractivity contribution in [3.63, 3.8) is 0 Å². The van der Waals surface area contributed by atoms with Crippen LogP contribution in [-0.2, 0) is 0 Å². The molecule has 0 spiro atoms. The molecular weight excluding hydrogens is 302 g/mol. The molecule has 2 nitrogen and oxygen atoms in total. The minimum absolute atomic E-state index is 0. The van der Waals surface area contributed by atoms with Gasteiger partial charge in [-0.25, -0.2) is 0 Å². The van der Waals surface area contributed by atoms with E-state index in [1.165, 1.54) is 10.6 Å². The van der Waals surface area contributed by atoms with Crippen LogP contribution in [0, 0.1) is 0 Å². The molecule has 3 radical (unpaired) electrons. The quantitative estimate of drug-likeness (QED) is 0.557. The number of furan rings is 1. The summed E-state index contributed by atoms with van der Waals surface area (Å²) < 4.78 is 5.68. The van der Waals surface area contributed by atoms with Crippen LogP contribution in [0.3, 0.4) is 0 Å². The van der Waals surface area contributed by atoms with Crippen LogP contribution in [-0.4, -0.2) is 20.1 Å². The second kappa shape index (κ2) is 8.71. The minimum Gasteiger partial charge on any atom is -0.469 e. The number of aliphatic hydroxyl groups excluding tert-OH is 1. The van der Waals surface area contributed by atoms with Gasteiger partial charge in [-0.05, 0) is 37.1 Å². The number of benzene rings is 2. The summed E-state index contributed by atoms with van der Waals surface area (Å²) in [6.45, 7) is 0.157. The van der Waals surface area contributed by atoms with Gasteiger partial charge >= 0.3 is 0 Å². The Bertz CT molecular complexity index is 632. The topological polar surface area (TPSA) is 33.4 Å². The van der Waals surface area contributed by atoms with Crippen molar-refractivity contribution < 1.29 is 9.52 Å². The fourth-order valence-corrected chi connectivity index (χ4v) is 5.47. The average Bonchev–Trinajstić information content (AvgIpc) is 3.11. The zero-order valence-electron chi connectivity index (χ0n) is 12.9. The molecule has 1 atom stereocenters. The SMILES string of the molecule is OCC[C@@H](c1ccco1)P(c1ccccc1)c1ccccc1.[B]. The highest BCUT2D eigenvalue weighted by molar-refractivity contribution is 7.73. The summed E-state index contributed by atoms with van der Waals surface area (Å²) in [5.74, 6) is 0.952. The third-order valence-electron chi connectivity index (χ3n) is 3.65. The lowest BCUT2D eigenvalue weighted by Crippen LogP contribution is -2.17. The first-order chi connectivity index (χ1) is 10.9. The van der Waals surface area contributed by atoms with Crippen LogP contribution >= 0.6 is 7.92 Å². The molecule has 23 heavy (non-hydrogen) atoms. The lowest BCUT2D eigenvalue weighted by Gasteiger charge is -2.26. The zero-order valence-corrected chi connectivity index (χ0v) is 13.8. The molecule has 0 bridgehead atoms. The largest absolute Gasteiger partial charge is 0.469 e. The van der Waals surface area contributed by atoms with Gasteiger partial charge < -0.3 is 9.52 Å². The van der Waals surface area contributed by atoms with E-state index in [9.17, 15) is 5.11 Å². The third-order valence-corrected chi connectivity index (χ3v) is 6.50. The summed E-state index contributed by atoms with van der Waals surface area (Å²) in [7, 11) is -0.625. The Morgan fingerprint density at radius 3 is 1.83 bits per heavy atom. The Kier molecular flexibility index (Phi) is 6.64. The van der Waals surface area contributed by atoms with Gasteiger partial charge in [0.2, 0.25) is 0 Å². The Morgan fingerprint density at radius 2 is 1.39 bits per heavy atom. The van der Waals surface area contributed by atoms with Crippen molar-refractivity contribution in [2.45, 2.75) is 12.1 Å². The third kappa shape index (κ3) is 4.13. The maximum absolute atomic E-state index is 9.55. The molecule has 0 aliphatic rings. The van der Waals surface area contributed by atoms with E-state index < -0.39 is 7.92 Å². The van der Waals surface area contributed by atoms with Gasteiger partial charge in [0.15, 0.2) is 0 Å². The predicted octanol–water partition coefficient (Wildman–Crippen LogP) is 3.46. The zero-order chi connectivity index (χ0) is 15.2. The van der Waals surface area contributed by atoms with Gasteiger partial charge in [0.1, 0.15) is 5.76 Å². The summed E-state index contributed by atoms with van der Waals surface area (Å²) in [5.41, 5.74) is 0.180. The number of hydrogen-bond acceptors (Lipinski definition) is 2. The van der Waals surface area contributed by atoms with E-state index in [-0.39, 0.29) is 20.7 Å². The fourth-order valence-electron chi connectivity index (χ4n) is 2.69. The number of hydrogen-bond donors (Lipinski definition) is 1. The molecule has 0 saturated carbocycles. The fraction of sp³-hybridized carbons (Fsp3) is 0.158. The molecule has 2 aromatic carbocycles. The molecule has 0 unspecified atom stereocenters. The summed E-state index contributed by atoms with van der Waals surface area (Å²) in [6, 6.07) is 25.0. The van der Waals surface area contributed by atoms with Crippen molar-refractivity contribution in [3.05, 3.63) is 84.8 Å². The Labute approximate surface area is 140 Å².